The van der Waals surface area contributed by atoms with E-state index in [-0.39, 0.29) is 23.6 Å². The van der Waals surface area contributed by atoms with Crippen LogP contribution in [0.25, 0.3) is 0 Å². The maximum Gasteiger partial charge on any atom is 0.342 e. The monoisotopic (exact) mass is 354 g/mol. The van der Waals surface area contributed by atoms with Gasteiger partial charge in [-0.15, -0.1) is 0 Å². The van der Waals surface area contributed by atoms with Crippen LogP contribution in [0.1, 0.15) is 23.7 Å². The van der Waals surface area contributed by atoms with Gasteiger partial charge in [-0.1, -0.05) is 24.3 Å². The number of fused-ring (bicyclic) bond motifs is 1. The van der Waals surface area contributed by atoms with Gasteiger partial charge in [0.1, 0.15) is 11.3 Å². The van der Waals surface area contributed by atoms with Gasteiger partial charge in [-0.2, -0.15) is 0 Å². The first kappa shape index (κ1) is 17.5. The topological polar surface area (TPSA) is 95.9 Å². The number of hydrogen-bond acceptors (Lipinski definition) is 5. The summed E-state index contributed by atoms with van der Waals surface area (Å²) in [5.74, 6) is -1.65. The zero-order valence-corrected chi connectivity index (χ0v) is 14.1. The molecule has 2 N–H and O–H groups in total. The van der Waals surface area contributed by atoms with Crippen LogP contribution < -0.4 is 10.2 Å². The Bertz CT molecular complexity index is 865. The van der Waals surface area contributed by atoms with E-state index in [0.29, 0.717) is 11.4 Å². The second-order valence-electron chi connectivity index (χ2n) is 5.98. The minimum absolute atomic E-state index is 0.0125. The molecule has 0 aromatic heterocycles. The number of benzene rings is 2. The van der Waals surface area contributed by atoms with Crippen LogP contribution in [0.5, 0.6) is 5.75 Å². The summed E-state index contributed by atoms with van der Waals surface area (Å²) in [5.41, 5.74) is 1.07. The smallest absolute Gasteiger partial charge is 0.342 e. The largest absolute Gasteiger partial charge is 0.507 e. The second-order valence-corrected chi connectivity index (χ2v) is 5.98. The van der Waals surface area contributed by atoms with Gasteiger partial charge < -0.3 is 20.1 Å². The van der Waals surface area contributed by atoms with E-state index >= 15 is 0 Å². The van der Waals surface area contributed by atoms with Gasteiger partial charge in [0.25, 0.3) is 5.91 Å². The zero-order chi connectivity index (χ0) is 18.7. The number of ether oxygens (including phenoxy) is 1. The van der Waals surface area contributed by atoms with Crippen LogP contribution in [0.2, 0.25) is 0 Å². The number of rotatable bonds is 3. The zero-order valence-electron chi connectivity index (χ0n) is 14.1. The Balaban J connectivity index is 1.77. The number of nitrogens with one attached hydrogen (secondary N) is 1. The number of para-hydroxylation sites is 3. The molecule has 0 unspecified atom stereocenters. The highest BCUT2D eigenvalue weighted by Crippen LogP contribution is 2.31. The third kappa shape index (κ3) is 3.51. The summed E-state index contributed by atoms with van der Waals surface area (Å²) in [7, 11) is 0. The van der Waals surface area contributed by atoms with Crippen molar-refractivity contribution >= 4 is 29.2 Å². The first-order valence-corrected chi connectivity index (χ1v) is 8.13. The van der Waals surface area contributed by atoms with Crippen LogP contribution >= 0.6 is 0 Å². The lowest BCUT2D eigenvalue weighted by atomic mass is 10.1. The van der Waals surface area contributed by atoms with Gasteiger partial charge in [-0.3, -0.25) is 9.59 Å². The predicted octanol–water partition coefficient (Wildman–Crippen LogP) is 2.31. The third-order valence-electron chi connectivity index (χ3n) is 4.08. The predicted molar refractivity (Wildman–Crippen MR) is 95.0 cm³/mol. The molecular formula is C19H18N2O5. The number of esters is 1. The molecule has 0 aliphatic carbocycles. The molecule has 0 fully saturated rings. The summed E-state index contributed by atoms with van der Waals surface area (Å²) in [4.78, 5) is 38.2. The first-order chi connectivity index (χ1) is 12.5. The van der Waals surface area contributed by atoms with Crippen LogP contribution in [0.3, 0.4) is 0 Å². The summed E-state index contributed by atoms with van der Waals surface area (Å²) in [6, 6.07) is 12.5. The maximum absolute atomic E-state index is 12.7. The van der Waals surface area contributed by atoms with Crippen molar-refractivity contribution in [2.75, 3.05) is 16.8 Å². The number of amides is 2. The SMILES string of the molecule is C[C@H]1CC(=O)Nc2ccccc2N1C(=O)COC(=O)c1ccccc1O. The number of carbonyl (C=O) groups is 3. The Morgan fingerprint density at radius 1 is 1.19 bits per heavy atom. The van der Waals surface area contributed by atoms with E-state index < -0.39 is 24.5 Å². The number of aromatic hydroxyl groups is 1. The van der Waals surface area contributed by atoms with Gasteiger partial charge in [-0.05, 0) is 31.2 Å². The van der Waals surface area contributed by atoms with Crippen molar-refractivity contribution in [1.82, 2.24) is 0 Å². The molecule has 0 bridgehead atoms. The summed E-state index contributed by atoms with van der Waals surface area (Å²) >= 11 is 0. The van der Waals surface area contributed by atoms with Crippen molar-refractivity contribution < 1.29 is 24.2 Å². The second kappa shape index (κ2) is 7.26. The number of nitrogens with zero attached hydrogens (tertiary/aromatic N) is 1. The number of anilines is 2. The molecule has 7 heteroatoms. The Morgan fingerprint density at radius 3 is 2.65 bits per heavy atom. The van der Waals surface area contributed by atoms with Crippen molar-refractivity contribution in [1.29, 1.82) is 0 Å². The van der Waals surface area contributed by atoms with Crippen LogP contribution in [0.4, 0.5) is 11.4 Å². The fraction of sp³-hybridized carbons (Fsp3) is 0.211. The van der Waals surface area contributed by atoms with Crippen LogP contribution in [-0.2, 0) is 14.3 Å². The lowest BCUT2D eigenvalue weighted by Crippen LogP contribution is -2.41. The third-order valence-corrected chi connectivity index (χ3v) is 4.08. The first-order valence-electron chi connectivity index (χ1n) is 8.13. The Kier molecular flexibility index (Phi) is 4.88. The minimum atomic E-state index is -0.790. The highest BCUT2D eigenvalue weighted by Gasteiger charge is 2.30. The average molecular weight is 354 g/mol. The molecule has 3 rings (SSSR count). The highest BCUT2D eigenvalue weighted by atomic mass is 16.5. The molecule has 1 atom stereocenters. The molecule has 2 aromatic carbocycles. The number of carbonyl (C=O) groups excluding carboxylic acids is 3. The van der Waals surface area contributed by atoms with E-state index in [1.165, 1.54) is 17.0 Å². The lowest BCUT2D eigenvalue weighted by Gasteiger charge is -2.27. The van der Waals surface area contributed by atoms with E-state index in [2.05, 4.69) is 5.32 Å². The molecule has 2 amide bonds. The summed E-state index contributed by atoms with van der Waals surface area (Å²) < 4.78 is 5.06. The van der Waals surface area contributed by atoms with E-state index in [1.807, 2.05) is 0 Å². The standard InChI is InChI=1S/C19H18N2O5/c1-12-10-17(23)20-14-7-3-4-8-15(14)21(12)18(24)11-26-19(25)13-6-2-5-9-16(13)22/h2-9,12,22H,10-11H2,1H3,(H,20,23)/t12-/m0/s1. The van der Waals surface area contributed by atoms with Crippen LogP contribution in [0.15, 0.2) is 48.5 Å². The van der Waals surface area contributed by atoms with Gasteiger partial charge in [0, 0.05) is 12.5 Å². The van der Waals surface area contributed by atoms with Gasteiger partial charge >= 0.3 is 5.97 Å². The molecule has 0 saturated heterocycles. The van der Waals surface area contributed by atoms with Crippen molar-refractivity contribution in [3.63, 3.8) is 0 Å². The molecule has 1 aliphatic rings. The van der Waals surface area contributed by atoms with Gasteiger partial charge in [-0.25, -0.2) is 4.79 Å². The Morgan fingerprint density at radius 2 is 1.88 bits per heavy atom. The number of hydrogen-bond donors (Lipinski definition) is 2. The van der Waals surface area contributed by atoms with Crippen molar-refractivity contribution in [3.8, 4) is 5.75 Å². The fourth-order valence-corrected chi connectivity index (χ4v) is 2.89. The van der Waals surface area contributed by atoms with E-state index in [4.69, 9.17) is 4.74 Å². The summed E-state index contributed by atoms with van der Waals surface area (Å²) in [6.45, 7) is 1.25. The molecule has 0 saturated carbocycles. The van der Waals surface area contributed by atoms with Gasteiger partial charge in [0.05, 0.1) is 11.4 Å². The molecule has 7 nitrogen and oxygen atoms in total. The van der Waals surface area contributed by atoms with Crippen LogP contribution in [0, 0.1) is 0 Å². The molecule has 1 heterocycles. The Labute approximate surface area is 150 Å². The average Bonchev–Trinajstić information content (AvgIpc) is 2.74. The van der Waals surface area contributed by atoms with Crippen molar-refractivity contribution in [2.24, 2.45) is 0 Å². The molecular weight excluding hydrogens is 336 g/mol. The highest BCUT2D eigenvalue weighted by molar-refractivity contribution is 6.05. The molecule has 0 radical (unpaired) electrons. The quantitative estimate of drug-likeness (QED) is 0.825. The van der Waals surface area contributed by atoms with E-state index in [0.717, 1.165) is 0 Å². The minimum Gasteiger partial charge on any atom is -0.507 e. The Hall–Kier alpha value is -3.35. The fourth-order valence-electron chi connectivity index (χ4n) is 2.89. The van der Waals surface area contributed by atoms with Crippen LogP contribution in [-0.4, -0.2) is 35.5 Å². The maximum atomic E-state index is 12.7. The molecule has 1 aliphatic heterocycles. The lowest BCUT2D eigenvalue weighted by molar-refractivity contribution is -0.122. The van der Waals surface area contributed by atoms with Crippen molar-refractivity contribution in [3.05, 3.63) is 54.1 Å². The van der Waals surface area contributed by atoms with E-state index in [9.17, 15) is 19.5 Å². The summed E-state index contributed by atoms with van der Waals surface area (Å²) in [6.07, 6.45) is 0.133. The van der Waals surface area contributed by atoms with Gasteiger partial charge in [0.15, 0.2) is 6.61 Å². The molecule has 134 valence electrons. The number of phenolic OH excluding ortho intramolecular Hbond substituents is 1. The molecule has 26 heavy (non-hydrogen) atoms. The van der Waals surface area contributed by atoms with Crippen molar-refractivity contribution in [2.45, 2.75) is 19.4 Å². The normalized spacial score (nSPS) is 16.3. The van der Waals surface area contributed by atoms with E-state index in [1.54, 1.807) is 43.3 Å². The van der Waals surface area contributed by atoms with Gasteiger partial charge in [0.2, 0.25) is 5.91 Å². The molecule has 0 spiro atoms. The number of phenols is 1. The summed E-state index contributed by atoms with van der Waals surface area (Å²) in [5, 5.41) is 12.5. The molecule has 2 aromatic rings.